The van der Waals surface area contributed by atoms with Gasteiger partial charge in [0.1, 0.15) is 0 Å². The van der Waals surface area contributed by atoms with Crippen LogP contribution in [-0.4, -0.2) is 16.8 Å². The molecule has 0 fully saturated rings. The van der Waals surface area contributed by atoms with Crippen LogP contribution in [0, 0.1) is 0 Å². The van der Waals surface area contributed by atoms with Gasteiger partial charge in [0.05, 0.1) is 11.9 Å². The number of carbonyl (C=O) groups excluding carboxylic acids is 2. The maximum Gasteiger partial charge on any atom is 0.261 e. The molecular weight excluding hydrogens is 260 g/mol. The van der Waals surface area contributed by atoms with E-state index in [1.165, 1.54) is 12.3 Å². The summed E-state index contributed by atoms with van der Waals surface area (Å²) >= 11 is 3.24. The zero-order chi connectivity index (χ0) is 11.0. The van der Waals surface area contributed by atoms with Gasteiger partial charge in [0.25, 0.3) is 11.8 Å². The second-order valence-corrected chi connectivity index (χ2v) is 4.08. The summed E-state index contributed by atoms with van der Waals surface area (Å²) in [7, 11) is 0. The molecule has 0 aromatic carbocycles. The third-order valence-corrected chi connectivity index (χ3v) is 2.48. The first-order valence-electron chi connectivity index (χ1n) is 4.27. The van der Waals surface area contributed by atoms with Crippen molar-refractivity contribution in [2.24, 2.45) is 0 Å². The largest absolute Gasteiger partial charge is 0.269 e. The Hall–Kier alpha value is -1.49. The van der Waals surface area contributed by atoms with Gasteiger partial charge in [-0.3, -0.25) is 14.6 Å². The molecule has 1 aromatic rings. The molecule has 2 heterocycles. The van der Waals surface area contributed by atoms with E-state index in [9.17, 15) is 9.59 Å². The van der Waals surface area contributed by atoms with Crippen molar-refractivity contribution < 1.29 is 9.59 Å². The molecule has 1 aromatic heterocycles. The topological polar surface area (TPSA) is 50.3 Å². The second kappa shape index (κ2) is 3.58. The molecule has 4 nitrogen and oxygen atoms in total. The van der Waals surface area contributed by atoms with Gasteiger partial charge < -0.3 is 0 Å². The van der Waals surface area contributed by atoms with Crippen LogP contribution in [0.4, 0.5) is 5.69 Å². The number of nitrogens with zero attached hydrogens (tertiary/aromatic N) is 2. The molecule has 0 atom stereocenters. The first kappa shape index (κ1) is 10.0. The number of pyridine rings is 1. The molecule has 2 rings (SSSR count). The molecule has 0 saturated carbocycles. The Morgan fingerprint density at radius 3 is 2.60 bits per heavy atom. The van der Waals surface area contributed by atoms with Gasteiger partial charge >= 0.3 is 0 Å². The number of halogens is 1. The quantitative estimate of drug-likeness (QED) is 0.727. The number of carbonyl (C=O) groups is 2. The minimum Gasteiger partial charge on any atom is -0.269 e. The molecule has 15 heavy (non-hydrogen) atoms. The highest BCUT2D eigenvalue weighted by Crippen LogP contribution is 2.23. The average Bonchev–Trinajstić information content (AvgIpc) is 2.41. The molecule has 1 aliphatic heterocycles. The molecule has 0 spiro atoms. The zero-order valence-corrected chi connectivity index (χ0v) is 9.48. The summed E-state index contributed by atoms with van der Waals surface area (Å²) in [6.45, 7) is 1.62. The third-order valence-electron chi connectivity index (χ3n) is 2.05. The van der Waals surface area contributed by atoms with Crippen molar-refractivity contribution in [3.63, 3.8) is 0 Å². The van der Waals surface area contributed by atoms with Crippen molar-refractivity contribution in [3.8, 4) is 0 Å². The van der Waals surface area contributed by atoms with Crippen molar-refractivity contribution in [1.82, 2.24) is 4.98 Å². The van der Waals surface area contributed by atoms with E-state index in [2.05, 4.69) is 20.9 Å². The van der Waals surface area contributed by atoms with Crippen LogP contribution in [0.5, 0.6) is 0 Å². The lowest BCUT2D eigenvalue weighted by Gasteiger charge is -2.13. The second-order valence-electron chi connectivity index (χ2n) is 3.17. The first-order chi connectivity index (χ1) is 7.09. The Kier molecular flexibility index (Phi) is 2.40. The van der Waals surface area contributed by atoms with Crippen LogP contribution in [0.3, 0.4) is 0 Å². The van der Waals surface area contributed by atoms with E-state index >= 15 is 0 Å². The van der Waals surface area contributed by atoms with Gasteiger partial charge in [0.2, 0.25) is 0 Å². The first-order valence-corrected chi connectivity index (χ1v) is 5.06. The lowest BCUT2D eigenvalue weighted by Crippen LogP contribution is -2.30. The van der Waals surface area contributed by atoms with Crippen LogP contribution in [-0.2, 0) is 9.59 Å². The van der Waals surface area contributed by atoms with E-state index in [0.29, 0.717) is 11.3 Å². The van der Waals surface area contributed by atoms with Crippen LogP contribution in [0.1, 0.15) is 6.92 Å². The number of anilines is 1. The third kappa shape index (κ3) is 1.70. The highest BCUT2D eigenvalue weighted by molar-refractivity contribution is 9.10. The van der Waals surface area contributed by atoms with Crippen LogP contribution in [0.2, 0.25) is 0 Å². The number of aromatic nitrogens is 1. The summed E-state index contributed by atoms with van der Waals surface area (Å²) < 4.78 is 0.727. The van der Waals surface area contributed by atoms with E-state index in [0.717, 1.165) is 9.37 Å². The van der Waals surface area contributed by atoms with Gasteiger partial charge in [0.15, 0.2) is 0 Å². The highest BCUT2D eigenvalue weighted by atomic mass is 79.9. The Morgan fingerprint density at radius 1 is 1.33 bits per heavy atom. The SMILES string of the molecule is CC1=CC(=O)N(c2cncc(Br)c2)C1=O. The zero-order valence-electron chi connectivity index (χ0n) is 7.90. The van der Waals surface area contributed by atoms with E-state index < -0.39 is 0 Å². The summed E-state index contributed by atoms with van der Waals surface area (Å²) in [5.41, 5.74) is 0.924. The smallest absolute Gasteiger partial charge is 0.261 e. The minimum atomic E-state index is -0.322. The lowest BCUT2D eigenvalue weighted by molar-refractivity contribution is -0.120. The maximum absolute atomic E-state index is 11.6. The molecule has 0 radical (unpaired) electrons. The van der Waals surface area contributed by atoms with Crippen molar-refractivity contribution in [2.45, 2.75) is 6.92 Å². The average molecular weight is 267 g/mol. The molecule has 1 aliphatic rings. The molecule has 0 saturated heterocycles. The van der Waals surface area contributed by atoms with E-state index in [4.69, 9.17) is 0 Å². The summed E-state index contributed by atoms with van der Waals surface area (Å²) in [6.07, 6.45) is 4.39. The van der Waals surface area contributed by atoms with Crippen molar-refractivity contribution in [1.29, 1.82) is 0 Å². The van der Waals surface area contributed by atoms with Crippen molar-refractivity contribution >= 4 is 33.4 Å². The monoisotopic (exact) mass is 266 g/mol. The van der Waals surface area contributed by atoms with Crippen LogP contribution in [0.25, 0.3) is 0 Å². The summed E-state index contributed by atoms with van der Waals surface area (Å²) in [5, 5.41) is 0. The Balaban J connectivity index is 2.42. The van der Waals surface area contributed by atoms with Crippen LogP contribution >= 0.6 is 15.9 Å². The number of hydrogen-bond acceptors (Lipinski definition) is 3. The Labute approximate surface area is 94.7 Å². The maximum atomic E-state index is 11.6. The van der Waals surface area contributed by atoms with Gasteiger partial charge in [-0.25, -0.2) is 4.90 Å². The summed E-state index contributed by atoms with van der Waals surface area (Å²) in [4.78, 5) is 28.1. The molecule has 0 N–H and O–H groups in total. The van der Waals surface area contributed by atoms with Gasteiger partial charge in [-0.15, -0.1) is 0 Å². The molecule has 5 heteroatoms. The number of amides is 2. The molecule has 0 aliphatic carbocycles. The number of hydrogen-bond donors (Lipinski definition) is 0. The normalized spacial score (nSPS) is 15.9. The summed E-state index contributed by atoms with van der Waals surface area (Å²) in [6, 6.07) is 1.68. The number of rotatable bonds is 1. The van der Waals surface area contributed by atoms with Gasteiger partial charge in [-0.1, -0.05) is 0 Å². The van der Waals surface area contributed by atoms with Crippen LogP contribution < -0.4 is 4.90 Å². The van der Waals surface area contributed by atoms with Gasteiger partial charge in [0, 0.05) is 22.3 Å². The molecular formula is C10H7BrN2O2. The van der Waals surface area contributed by atoms with Gasteiger partial charge in [-0.05, 0) is 28.9 Å². The summed E-state index contributed by atoms with van der Waals surface area (Å²) in [5.74, 6) is -0.614. The predicted molar refractivity (Wildman–Crippen MR) is 58.2 cm³/mol. The van der Waals surface area contributed by atoms with Crippen LogP contribution in [0.15, 0.2) is 34.6 Å². The molecule has 76 valence electrons. The Bertz CT molecular complexity index is 482. The van der Waals surface area contributed by atoms with E-state index in [-0.39, 0.29) is 11.8 Å². The standard InChI is InChI=1S/C10H7BrN2O2/c1-6-2-9(14)13(10(6)15)8-3-7(11)4-12-5-8/h2-5H,1H3. The predicted octanol–water partition coefficient (Wildman–Crippen LogP) is 1.66. The van der Waals surface area contributed by atoms with Gasteiger partial charge in [-0.2, -0.15) is 0 Å². The van der Waals surface area contributed by atoms with E-state index in [1.807, 2.05) is 0 Å². The fraction of sp³-hybridized carbons (Fsp3) is 0.100. The molecule has 0 unspecified atom stereocenters. The number of imide groups is 1. The van der Waals surface area contributed by atoms with Crippen molar-refractivity contribution in [2.75, 3.05) is 4.90 Å². The highest BCUT2D eigenvalue weighted by Gasteiger charge is 2.29. The molecule has 0 bridgehead atoms. The fourth-order valence-electron chi connectivity index (χ4n) is 1.36. The minimum absolute atomic E-state index is 0.292. The fourth-order valence-corrected chi connectivity index (χ4v) is 1.71. The molecule has 2 amide bonds. The van der Waals surface area contributed by atoms with E-state index in [1.54, 1.807) is 19.2 Å². The van der Waals surface area contributed by atoms with Crippen molar-refractivity contribution in [3.05, 3.63) is 34.6 Å². The Morgan fingerprint density at radius 2 is 2.07 bits per heavy atom. The lowest BCUT2D eigenvalue weighted by atomic mass is 10.3.